The van der Waals surface area contributed by atoms with E-state index in [-0.39, 0.29) is 36.1 Å². The van der Waals surface area contributed by atoms with Gasteiger partial charge in [0.25, 0.3) is 0 Å². The fourth-order valence-electron chi connectivity index (χ4n) is 3.49. The largest absolute Gasteiger partial charge is 0.465 e. The quantitative estimate of drug-likeness (QED) is 0.512. The molecular weight excluding hydrogens is 414 g/mol. The van der Waals surface area contributed by atoms with Crippen LogP contribution in [0.15, 0.2) is 48.5 Å². The van der Waals surface area contributed by atoms with Gasteiger partial charge < -0.3 is 4.74 Å². The van der Waals surface area contributed by atoms with Crippen LogP contribution in [-0.2, 0) is 20.5 Å². The molecule has 1 aliphatic rings. The molecule has 1 aliphatic heterocycles. The lowest BCUT2D eigenvalue weighted by Gasteiger charge is -2.30. The topological polar surface area (TPSA) is 80.8 Å². The van der Waals surface area contributed by atoms with Crippen LogP contribution in [-0.4, -0.2) is 44.7 Å². The highest BCUT2D eigenvalue weighted by Crippen LogP contribution is 2.26. The number of ether oxygens (including phenoxy) is 1. The molecule has 2 aromatic rings. The highest BCUT2D eigenvalue weighted by molar-refractivity contribution is 7.88. The molecule has 0 radical (unpaired) electrons. The Morgan fingerprint density at radius 2 is 1.69 bits per heavy atom. The summed E-state index contributed by atoms with van der Waals surface area (Å²) in [6.45, 7) is 0.541. The van der Waals surface area contributed by atoms with Crippen LogP contribution < -0.4 is 0 Å². The molecule has 0 unspecified atom stereocenters. The van der Waals surface area contributed by atoms with Gasteiger partial charge in [-0.1, -0.05) is 29.8 Å². The lowest BCUT2D eigenvalue weighted by molar-refractivity contribution is 0.0599. The van der Waals surface area contributed by atoms with Crippen molar-refractivity contribution in [2.45, 2.75) is 18.6 Å². The number of benzene rings is 2. The Hall–Kier alpha value is -2.22. The molecule has 8 heteroatoms. The number of sulfonamides is 1. The number of hydrogen-bond acceptors (Lipinski definition) is 5. The van der Waals surface area contributed by atoms with Crippen molar-refractivity contribution >= 4 is 33.4 Å². The van der Waals surface area contributed by atoms with E-state index < -0.39 is 16.0 Å². The summed E-state index contributed by atoms with van der Waals surface area (Å²) in [7, 11) is -2.36. The molecule has 1 fully saturated rings. The van der Waals surface area contributed by atoms with Crippen molar-refractivity contribution in [3.05, 3.63) is 70.2 Å². The van der Waals surface area contributed by atoms with E-state index in [1.807, 2.05) is 0 Å². The van der Waals surface area contributed by atoms with Gasteiger partial charge in [0, 0.05) is 29.6 Å². The summed E-state index contributed by atoms with van der Waals surface area (Å²) >= 11 is 5.86. The van der Waals surface area contributed by atoms with E-state index in [0.29, 0.717) is 29.0 Å². The maximum absolute atomic E-state index is 12.9. The van der Waals surface area contributed by atoms with E-state index >= 15 is 0 Å². The molecule has 0 aromatic heterocycles. The zero-order chi connectivity index (χ0) is 21.0. The second-order valence-corrected chi connectivity index (χ2v) is 9.35. The summed E-state index contributed by atoms with van der Waals surface area (Å²) in [5.41, 5.74) is 1.23. The van der Waals surface area contributed by atoms with Crippen LogP contribution >= 0.6 is 11.6 Å². The van der Waals surface area contributed by atoms with Crippen molar-refractivity contribution < 1.29 is 22.7 Å². The summed E-state index contributed by atoms with van der Waals surface area (Å²) in [6, 6.07) is 13.2. The molecule has 0 bridgehead atoms. The molecule has 0 spiro atoms. The van der Waals surface area contributed by atoms with Crippen LogP contribution in [0.5, 0.6) is 0 Å². The molecule has 0 N–H and O–H groups in total. The molecule has 154 valence electrons. The average molecular weight is 436 g/mol. The fourth-order valence-corrected chi connectivity index (χ4v) is 5.21. The van der Waals surface area contributed by atoms with Crippen molar-refractivity contribution in [1.82, 2.24) is 4.31 Å². The van der Waals surface area contributed by atoms with Crippen LogP contribution in [0, 0.1) is 5.92 Å². The fraction of sp³-hybridized carbons (Fsp3) is 0.333. The maximum atomic E-state index is 12.9. The first-order valence-corrected chi connectivity index (χ1v) is 11.2. The molecule has 0 aliphatic carbocycles. The normalized spacial score (nSPS) is 15.8. The predicted octanol–water partition coefficient (Wildman–Crippen LogP) is 3.55. The number of rotatable bonds is 6. The Morgan fingerprint density at radius 3 is 2.31 bits per heavy atom. The highest BCUT2D eigenvalue weighted by atomic mass is 35.5. The maximum Gasteiger partial charge on any atom is 0.338 e. The Balaban J connectivity index is 1.66. The van der Waals surface area contributed by atoms with Crippen LogP contribution in [0.3, 0.4) is 0 Å². The van der Waals surface area contributed by atoms with Crippen LogP contribution in [0.25, 0.3) is 0 Å². The molecule has 0 atom stereocenters. The summed E-state index contributed by atoms with van der Waals surface area (Å²) in [4.78, 5) is 24.5. The van der Waals surface area contributed by atoms with Gasteiger partial charge in [-0.05, 0) is 48.7 Å². The number of ketones is 1. The number of methoxy groups -OCH3 is 1. The number of carbonyl (C=O) groups excluding carboxylic acids is 2. The predicted molar refractivity (Wildman–Crippen MR) is 110 cm³/mol. The minimum absolute atomic E-state index is 0.00903. The molecule has 2 aromatic carbocycles. The summed E-state index contributed by atoms with van der Waals surface area (Å²) < 4.78 is 31.9. The van der Waals surface area contributed by atoms with Gasteiger partial charge in [-0.2, -0.15) is 0 Å². The number of piperidine rings is 1. The van der Waals surface area contributed by atoms with Crippen molar-refractivity contribution in [2.24, 2.45) is 5.92 Å². The summed E-state index contributed by atoms with van der Waals surface area (Å²) in [5.74, 6) is -1.06. The van der Waals surface area contributed by atoms with Gasteiger partial charge in [0.15, 0.2) is 5.78 Å². The Labute approximate surface area is 175 Å². The van der Waals surface area contributed by atoms with E-state index in [1.54, 1.807) is 48.5 Å². The first kappa shape index (κ1) is 21.5. The van der Waals surface area contributed by atoms with Crippen molar-refractivity contribution in [3.8, 4) is 0 Å². The Kier molecular flexibility index (Phi) is 6.72. The smallest absolute Gasteiger partial charge is 0.338 e. The van der Waals surface area contributed by atoms with E-state index in [1.165, 1.54) is 11.4 Å². The van der Waals surface area contributed by atoms with Crippen LogP contribution in [0.2, 0.25) is 5.02 Å². The number of Topliss-reactive ketones (excluding diaryl/α,β-unsaturated/α-hetero) is 1. The molecule has 6 nitrogen and oxygen atoms in total. The second-order valence-electron chi connectivity index (χ2n) is 6.95. The number of hydrogen-bond donors (Lipinski definition) is 0. The number of carbonyl (C=O) groups is 2. The van der Waals surface area contributed by atoms with Gasteiger partial charge >= 0.3 is 5.97 Å². The van der Waals surface area contributed by atoms with Crippen molar-refractivity contribution in [3.63, 3.8) is 0 Å². The zero-order valence-corrected chi connectivity index (χ0v) is 17.6. The Morgan fingerprint density at radius 1 is 1.07 bits per heavy atom. The number of esters is 1. The van der Waals surface area contributed by atoms with Crippen molar-refractivity contribution in [1.29, 1.82) is 0 Å². The molecule has 1 saturated heterocycles. The third-order valence-electron chi connectivity index (χ3n) is 5.11. The minimum Gasteiger partial charge on any atom is -0.465 e. The number of nitrogens with zero attached hydrogens (tertiary/aromatic N) is 1. The van der Waals surface area contributed by atoms with Crippen molar-refractivity contribution in [2.75, 3.05) is 20.2 Å². The third-order valence-corrected chi connectivity index (χ3v) is 7.19. The summed E-state index contributed by atoms with van der Waals surface area (Å²) in [6.07, 6.45) is 0.915. The van der Waals surface area contributed by atoms with Gasteiger partial charge in [0.2, 0.25) is 10.0 Å². The van der Waals surface area contributed by atoms with Gasteiger partial charge in [-0.15, -0.1) is 0 Å². The summed E-state index contributed by atoms with van der Waals surface area (Å²) in [5, 5.41) is 0.565. The first-order valence-electron chi connectivity index (χ1n) is 9.25. The Bertz CT molecular complexity index is 996. The van der Waals surface area contributed by atoms with E-state index in [2.05, 4.69) is 0 Å². The van der Waals surface area contributed by atoms with E-state index in [9.17, 15) is 18.0 Å². The molecule has 0 amide bonds. The van der Waals surface area contributed by atoms with Gasteiger partial charge in [0.05, 0.1) is 18.4 Å². The van der Waals surface area contributed by atoms with E-state index in [0.717, 1.165) is 0 Å². The lowest BCUT2D eigenvalue weighted by Crippen LogP contribution is -2.41. The van der Waals surface area contributed by atoms with Gasteiger partial charge in [-0.3, -0.25) is 4.79 Å². The zero-order valence-electron chi connectivity index (χ0n) is 16.0. The monoisotopic (exact) mass is 435 g/mol. The minimum atomic E-state index is -3.62. The van der Waals surface area contributed by atoms with Gasteiger partial charge in [-0.25, -0.2) is 17.5 Å². The molecule has 0 saturated carbocycles. The second kappa shape index (κ2) is 9.07. The standard InChI is InChI=1S/C21H22ClNO5S/c1-28-21(25)19-5-3-2-4-17(19)14-29(26,27)23-12-10-16(11-13-23)20(24)15-6-8-18(22)9-7-15/h2-9,16H,10-14H2,1H3. The van der Waals surface area contributed by atoms with Crippen LogP contribution in [0.4, 0.5) is 0 Å². The SMILES string of the molecule is COC(=O)c1ccccc1CS(=O)(=O)N1CCC(C(=O)c2ccc(Cl)cc2)CC1. The van der Waals surface area contributed by atoms with Crippen LogP contribution in [0.1, 0.15) is 39.1 Å². The molecule has 29 heavy (non-hydrogen) atoms. The third kappa shape index (κ3) is 5.04. The van der Waals surface area contributed by atoms with E-state index in [4.69, 9.17) is 16.3 Å². The average Bonchev–Trinajstić information content (AvgIpc) is 2.73. The molecular formula is C21H22ClNO5S. The molecule has 3 rings (SSSR count). The number of halogens is 1. The van der Waals surface area contributed by atoms with Gasteiger partial charge in [0.1, 0.15) is 0 Å². The lowest BCUT2D eigenvalue weighted by atomic mass is 9.90. The highest BCUT2D eigenvalue weighted by Gasteiger charge is 2.32. The first-order chi connectivity index (χ1) is 13.8. The molecule has 1 heterocycles.